The molecule has 0 saturated heterocycles. The van der Waals surface area contributed by atoms with Gasteiger partial charge in [0.15, 0.2) is 0 Å². The zero-order valence-electron chi connectivity index (χ0n) is 14.8. The number of aromatic nitrogens is 1. The van der Waals surface area contributed by atoms with Crippen LogP contribution in [0.5, 0.6) is 0 Å². The highest BCUT2D eigenvalue weighted by Crippen LogP contribution is 2.16. The van der Waals surface area contributed by atoms with Crippen LogP contribution in [0.15, 0.2) is 109 Å². The summed E-state index contributed by atoms with van der Waals surface area (Å²) >= 11 is 0. The lowest BCUT2D eigenvalue weighted by Gasteiger charge is -2.30. The Morgan fingerprint density at radius 3 is 1.73 bits per heavy atom. The smallest absolute Gasteiger partial charge is 0.145 e. The highest BCUT2D eigenvalue weighted by Gasteiger charge is 2.34. The summed E-state index contributed by atoms with van der Waals surface area (Å²) in [5, 5.41) is 4.24. The molecule has 1 nitrogen and oxygen atoms in total. The third-order valence-electron chi connectivity index (χ3n) is 5.10. The Bertz CT molecular complexity index is 943. The average Bonchev–Trinajstić information content (AvgIpc) is 2.75. The summed E-state index contributed by atoms with van der Waals surface area (Å²) in [5.41, 5.74) is 2.19. The van der Waals surface area contributed by atoms with Gasteiger partial charge >= 0.3 is 0 Å². The minimum Gasteiger partial charge on any atom is -0.256 e. The molecule has 0 saturated carbocycles. The van der Waals surface area contributed by atoms with Crippen molar-refractivity contribution in [3.8, 4) is 11.3 Å². The van der Waals surface area contributed by atoms with E-state index in [-0.39, 0.29) is 0 Å². The largest absolute Gasteiger partial charge is 0.256 e. The van der Waals surface area contributed by atoms with Crippen LogP contribution in [0, 0.1) is 0 Å². The van der Waals surface area contributed by atoms with Gasteiger partial charge in [0, 0.05) is 11.8 Å². The molecule has 0 aliphatic rings. The van der Waals surface area contributed by atoms with Gasteiger partial charge in [0.05, 0.1) is 5.69 Å². The molecule has 0 aliphatic carbocycles. The van der Waals surface area contributed by atoms with Crippen LogP contribution in [0.2, 0.25) is 6.55 Å². The zero-order chi connectivity index (χ0) is 17.8. The molecule has 4 rings (SSSR count). The van der Waals surface area contributed by atoms with Gasteiger partial charge in [-0.3, -0.25) is 4.98 Å². The van der Waals surface area contributed by atoms with Gasteiger partial charge in [-0.15, -0.1) is 0 Å². The van der Waals surface area contributed by atoms with Crippen molar-refractivity contribution >= 4 is 23.6 Å². The van der Waals surface area contributed by atoms with Crippen molar-refractivity contribution < 1.29 is 0 Å². The maximum absolute atomic E-state index is 4.53. The first-order chi connectivity index (χ1) is 12.8. The maximum Gasteiger partial charge on any atom is 0.145 e. The predicted molar refractivity (Wildman–Crippen MR) is 113 cm³/mol. The standard InChI is InChI=1S/C24H21NSi/c1-26(21-12-4-2-5-13-21,22-14-6-3-7-15-22)23-16-10-11-20(19-23)24-17-8-9-18-25-24/h2-19H,1H3. The zero-order valence-corrected chi connectivity index (χ0v) is 15.8. The van der Waals surface area contributed by atoms with Gasteiger partial charge in [-0.1, -0.05) is 97.5 Å². The van der Waals surface area contributed by atoms with Crippen molar-refractivity contribution in [3.05, 3.63) is 109 Å². The van der Waals surface area contributed by atoms with E-state index in [1.165, 1.54) is 21.1 Å². The van der Waals surface area contributed by atoms with Gasteiger partial charge < -0.3 is 0 Å². The van der Waals surface area contributed by atoms with Gasteiger partial charge in [0.1, 0.15) is 8.07 Å². The summed E-state index contributed by atoms with van der Waals surface area (Å²) < 4.78 is 0. The SMILES string of the molecule is C[Si](c1ccccc1)(c1ccccc1)c1cccc(-c2ccccn2)c1. The maximum atomic E-state index is 4.53. The van der Waals surface area contributed by atoms with Gasteiger partial charge in [-0.25, -0.2) is 0 Å². The first-order valence-electron chi connectivity index (χ1n) is 8.91. The molecule has 26 heavy (non-hydrogen) atoms. The number of nitrogens with zero attached hydrogens (tertiary/aromatic N) is 1. The molecule has 0 bridgehead atoms. The number of hydrogen-bond acceptors (Lipinski definition) is 1. The van der Waals surface area contributed by atoms with E-state index < -0.39 is 8.07 Å². The van der Waals surface area contributed by atoms with E-state index in [4.69, 9.17) is 0 Å². The van der Waals surface area contributed by atoms with E-state index in [9.17, 15) is 0 Å². The van der Waals surface area contributed by atoms with E-state index in [0.717, 1.165) is 5.69 Å². The Morgan fingerprint density at radius 2 is 1.15 bits per heavy atom. The second-order valence-electron chi connectivity index (χ2n) is 6.65. The summed E-state index contributed by atoms with van der Waals surface area (Å²) in [6, 6.07) is 36.8. The molecule has 0 unspecified atom stereocenters. The molecule has 4 aromatic rings. The van der Waals surface area contributed by atoms with Crippen LogP contribution in [0.3, 0.4) is 0 Å². The third kappa shape index (κ3) is 3.00. The summed E-state index contributed by atoms with van der Waals surface area (Å²) in [5.74, 6) is 0. The van der Waals surface area contributed by atoms with Gasteiger partial charge in [0.2, 0.25) is 0 Å². The first-order valence-corrected chi connectivity index (χ1v) is 11.4. The van der Waals surface area contributed by atoms with Gasteiger partial charge in [-0.2, -0.15) is 0 Å². The van der Waals surface area contributed by atoms with Crippen molar-refractivity contribution in [1.29, 1.82) is 0 Å². The molecule has 0 fully saturated rings. The van der Waals surface area contributed by atoms with Crippen LogP contribution in [-0.4, -0.2) is 13.1 Å². The van der Waals surface area contributed by atoms with Crippen LogP contribution in [0.4, 0.5) is 0 Å². The van der Waals surface area contributed by atoms with E-state index in [1.54, 1.807) is 0 Å². The Balaban J connectivity index is 1.91. The summed E-state index contributed by atoms with van der Waals surface area (Å²) in [6.07, 6.45) is 1.85. The molecule has 3 aromatic carbocycles. The van der Waals surface area contributed by atoms with E-state index in [2.05, 4.69) is 103 Å². The lowest BCUT2D eigenvalue weighted by atomic mass is 10.1. The molecular formula is C24H21NSi. The quantitative estimate of drug-likeness (QED) is 0.402. The molecule has 0 spiro atoms. The van der Waals surface area contributed by atoms with Crippen LogP contribution in [0.25, 0.3) is 11.3 Å². The fraction of sp³-hybridized carbons (Fsp3) is 0.0417. The second kappa shape index (κ2) is 7.10. The predicted octanol–water partition coefficient (Wildman–Crippen LogP) is 3.85. The topological polar surface area (TPSA) is 12.9 Å². The normalized spacial score (nSPS) is 11.3. The Labute approximate surface area is 156 Å². The number of benzene rings is 3. The molecule has 1 heterocycles. The molecule has 0 amide bonds. The molecule has 0 N–H and O–H groups in total. The molecule has 126 valence electrons. The summed E-state index contributed by atoms with van der Waals surface area (Å²) in [4.78, 5) is 4.53. The Hall–Kier alpha value is -2.97. The molecule has 0 atom stereocenters. The highest BCUT2D eigenvalue weighted by atomic mass is 28.3. The lowest BCUT2D eigenvalue weighted by Crippen LogP contribution is -2.64. The Morgan fingerprint density at radius 1 is 0.577 bits per heavy atom. The fourth-order valence-corrected chi connectivity index (χ4v) is 7.16. The minimum absolute atomic E-state index is 1.02. The molecule has 0 aliphatic heterocycles. The van der Waals surface area contributed by atoms with Crippen LogP contribution < -0.4 is 15.6 Å². The monoisotopic (exact) mass is 351 g/mol. The highest BCUT2D eigenvalue weighted by molar-refractivity contribution is 7.10. The summed E-state index contributed by atoms with van der Waals surface area (Å²) in [6.45, 7) is 2.44. The van der Waals surface area contributed by atoms with Crippen LogP contribution >= 0.6 is 0 Å². The van der Waals surface area contributed by atoms with Crippen molar-refractivity contribution in [2.75, 3.05) is 0 Å². The van der Waals surface area contributed by atoms with Gasteiger partial charge in [-0.05, 0) is 27.7 Å². The Kier molecular flexibility index (Phi) is 4.51. The van der Waals surface area contributed by atoms with Crippen molar-refractivity contribution in [2.45, 2.75) is 6.55 Å². The first kappa shape index (κ1) is 16.5. The van der Waals surface area contributed by atoms with E-state index in [0.29, 0.717) is 0 Å². The number of pyridine rings is 1. The lowest BCUT2D eigenvalue weighted by molar-refractivity contribution is 1.33. The van der Waals surface area contributed by atoms with Gasteiger partial charge in [0.25, 0.3) is 0 Å². The number of rotatable bonds is 4. The van der Waals surface area contributed by atoms with Crippen LogP contribution in [-0.2, 0) is 0 Å². The van der Waals surface area contributed by atoms with Crippen molar-refractivity contribution in [2.24, 2.45) is 0 Å². The molecule has 1 aromatic heterocycles. The molecule has 2 heteroatoms. The van der Waals surface area contributed by atoms with Crippen LogP contribution in [0.1, 0.15) is 0 Å². The third-order valence-corrected chi connectivity index (χ3v) is 9.54. The molecular weight excluding hydrogens is 330 g/mol. The minimum atomic E-state index is -2.07. The molecule has 0 radical (unpaired) electrons. The van der Waals surface area contributed by atoms with Crippen molar-refractivity contribution in [3.63, 3.8) is 0 Å². The van der Waals surface area contributed by atoms with Crippen molar-refractivity contribution in [1.82, 2.24) is 4.98 Å². The van der Waals surface area contributed by atoms with E-state index in [1.807, 2.05) is 18.3 Å². The average molecular weight is 352 g/mol. The summed E-state index contributed by atoms with van der Waals surface area (Å²) in [7, 11) is -2.07. The number of hydrogen-bond donors (Lipinski definition) is 0. The second-order valence-corrected chi connectivity index (χ2v) is 10.6. The fourth-order valence-electron chi connectivity index (χ4n) is 3.57. The van der Waals surface area contributed by atoms with E-state index >= 15 is 0 Å².